The third-order valence-corrected chi connectivity index (χ3v) is 3.75. The number of thiocarbonyl (C=S) groups is 1. The zero-order valence-corrected chi connectivity index (χ0v) is 10.6. The number of hydrogen-bond acceptors (Lipinski definition) is 4. The lowest BCUT2D eigenvalue weighted by atomic mass is 10.1. The third kappa shape index (κ3) is 6.63. The summed E-state index contributed by atoms with van der Waals surface area (Å²) in [6.45, 7) is 0. The summed E-state index contributed by atoms with van der Waals surface area (Å²) >= 11 is 17.8. The highest BCUT2D eigenvalue weighted by atomic mass is 32.1. The molecule has 0 heterocycles. The molecule has 0 amide bonds. The van der Waals surface area contributed by atoms with Gasteiger partial charge in [0.05, 0.1) is 0 Å². The molecule has 0 radical (unpaired) electrons. The van der Waals surface area contributed by atoms with Gasteiger partial charge in [0.25, 0.3) is 0 Å². The molecule has 1 unspecified atom stereocenters. The standard InChI is InChI=1S/C8H16S4/c9-5-3-1-2-4-7(11)8(12)6-10/h8-10,12H,1-6H2. The molecule has 0 N–H and O–H groups in total. The van der Waals surface area contributed by atoms with E-state index in [1.54, 1.807) is 0 Å². The number of hydrogen-bond donors (Lipinski definition) is 3. The lowest BCUT2D eigenvalue weighted by molar-refractivity contribution is 0.749. The van der Waals surface area contributed by atoms with E-state index in [0.717, 1.165) is 22.8 Å². The van der Waals surface area contributed by atoms with Crippen LogP contribution < -0.4 is 0 Å². The Labute approximate surface area is 97.1 Å². The first-order chi connectivity index (χ1) is 5.72. The first kappa shape index (κ1) is 13.1. The number of unbranched alkanes of at least 4 members (excludes halogenated alkanes) is 2. The quantitative estimate of drug-likeness (QED) is 0.349. The van der Waals surface area contributed by atoms with Crippen molar-refractivity contribution in [3.05, 3.63) is 0 Å². The van der Waals surface area contributed by atoms with Gasteiger partial charge in [-0.1, -0.05) is 18.6 Å². The molecule has 4 heteroatoms. The van der Waals surface area contributed by atoms with Crippen LogP contribution in [0, 0.1) is 0 Å². The molecule has 0 nitrogen and oxygen atoms in total. The largest absolute Gasteiger partial charge is 0.179 e. The highest BCUT2D eigenvalue weighted by molar-refractivity contribution is 7.88. The molecule has 0 aliphatic heterocycles. The Morgan fingerprint density at radius 1 is 1.17 bits per heavy atom. The van der Waals surface area contributed by atoms with E-state index in [4.69, 9.17) is 12.2 Å². The maximum Gasteiger partial charge on any atom is 0.0418 e. The van der Waals surface area contributed by atoms with E-state index in [9.17, 15) is 0 Å². The van der Waals surface area contributed by atoms with Crippen molar-refractivity contribution in [1.29, 1.82) is 0 Å². The van der Waals surface area contributed by atoms with Crippen molar-refractivity contribution in [3.8, 4) is 0 Å². The van der Waals surface area contributed by atoms with Gasteiger partial charge in [0, 0.05) is 15.9 Å². The van der Waals surface area contributed by atoms with Crippen LogP contribution in [0.1, 0.15) is 25.7 Å². The molecule has 0 aromatic carbocycles. The van der Waals surface area contributed by atoms with Crippen LogP contribution in [0.5, 0.6) is 0 Å². The molecule has 0 aromatic rings. The molecule has 0 aliphatic rings. The Hall–Kier alpha value is 1.14. The zero-order chi connectivity index (χ0) is 9.40. The van der Waals surface area contributed by atoms with Crippen molar-refractivity contribution in [3.63, 3.8) is 0 Å². The Balaban J connectivity index is 3.31. The van der Waals surface area contributed by atoms with E-state index in [1.165, 1.54) is 19.3 Å². The molecule has 1 atom stereocenters. The third-order valence-electron chi connectivity index (χ3n) is 1.63. The van der Waals surface area contributed by atoms with Crippen molar-refractivity contribution in [2.75, 3.05) is 11.5 Å². The predicted molar refractivity (Wildman–Crippen MR) is 71.5 cm³/mol. The topological polar surface area (TPSA) is 0 Å². The number of thiol groups is 3. The summed E-state index contributed by atoms with van der Waals surface area (Å²) in [6, 6.07) is 0. The monoisotopic (exact) mass is 240 g/mol. The predicted octanol–water partition coefficient (Wildman–Crippen LogP) is 3.07. The molecule has 0 saturated carbocycles. The van der Waals surface area contributed by atoms with Crippen LogP contribution >= 0.6 is 50.1 Å². The second-order valence-corrected chi connectivity index (χ2v) is 4.66. The summed E-state index contributed by atoms with van der Waals surface area (Å²) in [5.41, 5.74) is 0. The molecule has 0 aliphatic carbocycles. The maximum absolute atomic E-state index is 5.18. The first-order valence-corrected chi connectivity index (χ1v) is 6.33. The van der Waals surface area contributed by atoms with Gasteiger partial charge >= 0.3 is 0 Å². The summed E-state index contributed by atoms with van der Waals surface area (Å²) < 4.78 is 0. The molecule has 0 bridgehead atoms. The van der Waals surface area contributed by atoms with Gasteiger partial charge in [0.15, 0.2) is 0 Å². The summed E-state index contributed by atoms with van der Waals surface area (Å²) in [5, 5.41) is 0.194. The molecule has 0 aromatic heterocycles. The van der Waals surface area contributed by atoms with Gasteiger partial charge in [-0.05, 0) is 25.0 Å². The highest BCUT2D eigenvalue weighted by Crippen LogP contribution is 2.09. The van der Waals surface area contributed by atoms with Crippen LogP contribution in [-0.4, -0.2) is 21.6 Å². The second-order valence-electron chi connectivity index (χ2n) is 2.70. The Kier molecular flexibility index (Phi) is 9.55. The van der Waals surface area contributed by atoms with Crippen molar-refractivity contribution >= 4 is 55.0 Å². The fraction of sp³-hybridized carbons (Fsp3) is 0.875. The summed E-state index contributed by atoms with van der Waals surface area (Å²) in [7, 11) is 0. The summed E-state index contributed by atoms with van der Waals surface area (Å²) in [5.74, 6) is 1.72. The summed E-state index contributed by atoms with van der Waals surface area (Å²) in [4.78, 5) is 1.05. The minimum atomic E-state index is 0.194. The van der Waals surface area contributed by atoms with Crippen LogP contribution in [0.2, 0.25) is 0 Å². The van der Waals surface area contributed by atoms with Gasteiger partial charge in [0.2, 0.25) is 0 Å². The lowest BCUT2D eigenvalue weighted by Crippen LogP contribution is -2.13. The second kappa shape index (κ2) is 8.73. The summed E-state index contributed by atoms with van der Waals surface area (Å²) in [6.07, 6.45) is 4.59. The number of rotatable bonds is 7. The van der Waals surface area contributed by atoms with Gasteiger partial charge in [-0.25, -0.2) is 0 Å². The van der Waals surface area contributed by atoms with Crippen molar-refractivity contribution < 1.29 is 0 Å². The zero-order valence-electron chi connectivity index (χ0n) is 7.07. The van der Waals surface area contributed by atoms with Crippen LogP contribution in [-0.2, 0) is 0 Å². The van der Waals surface area contributed by atoms with Crippen LogP contribution in [0.25, 0.3) is 0 Å². The average molecular weight is 240 g/mol. The normalized spacial score (nSPS) is 12.9. The van der Waals surface area contributed by atoms with Crippen molar-refractivity contribution in [2.24, 2.45) is 0 Å². The molecule has 0 saturated heterocycles. The van der Waals surface area contributed by atoms with Crippen molar-refractivity contribution in [2.45, 2.75) is 30.9 Å². The van der Waals surface area contributed by atoms with Gasteiger partial charge in [-0.15, -0.1) is 0 Å². The van der Waals surface area contributed by atoms with E-state index in [0.29, 0.717) is 0 Å². The molecule has 0 spiro atoms. The van der Waals surface area contributed by atoms with E-state index in [1.807, 2.05) is 0 Å². The van der Waals surface area contributed by atoms with E-state index < -0.39 is 0 Å². The minimum absolute atomic E-state index is 0.194. The van der Waals surface area contributed by atoms with Crippen molar-refractivity contribution in [1.82, 2.24) is 0 Å². The van der Waals surface area contributed by atoms with Gasteiger partial charge in [0.1, 0.15) is 0 Å². The van der Waals surface area contributed by atoms with E-state index in [2.05, 4.69) is 37.9 Å². The molecule has 0 fully saturated rings. The molecular formula is C8H16S4. The van der Waals surface area contributed by atoms with Gasteiger partial charge < -0.3 is 0 Å². The van der Waals surface area contributed by atoms with Crippen LogP contribution in [0.3, 0.4) is 0 Å². The smallest absolute Gasteiger partial charge is 0.0418 e. The van der Waals surface area contributed by atoms with Crippen LogP contribution in [0.15, 0.2) is 0 Å². The Morgan fingerprint density at radius 3 is 2.33 bits per heavy atom. The van der Waals surface area contributed by atoms with Gasteiger partial charge in [-0.2, -0.15) is 37.9 Å². The van der Waals surface area contributed by atoms with Gasteiger partial charge in [-0.3, -0.25) is 0 Å². The van der Waals surface area contributed by atoms with E-state index >= 15 is 0 Å². The maximum atomic E-state index is 5.18. The minimum Gasteiger partial charge on any atom is -0.179 e. The molecule has 72 valence electrons. The first-order valence-electron chi connectivity index (χ1n) is 4.15. The highest BCUT2D eigenvalue weighted by Gasteiger charge is 2.06. The molecule has 0 rings (SSSR count). The Morgan fingerprint density at radius 2 is 1.83 bits per heavy atom. The lowest BCUT2D eigenvalue weighted by Gasteiger charge is -2.08. The molecular weight excluding hydrogens is 224 g/mol. The average Bonchev–Trinajstić information content (AvgIpc) is 2.10. The fourth-order valence-electron chi connectivity index (χ4n) is 0.856. The fourth-order valence-corrected chi connectivity index (χ4v) is 1.78. The SMILES string of the molecule is S=C(CCCCCS)C(S)CS. The Bertz CT molecular complexity index is 124. The van der Waals surface area contributed by atoms with E-state index in [-0.39, 0.29) is 5.25 Å². The van der Waals surface area contributed by atoms with Crippen LogP contribution in [0.4, 0.5) is 0 Å². The molecule has 12 heavy (non-hydrogen) atoms.